The molecule has 0 spiro atoms. The minimum Gasteiger partial charge on any atom is -0.464 e. The monoisotopic (exact) mass is 303 g/mol. The van der Waals surface area contributed by atoms with Gasteiger partial charge in [0, 0.05) is 10.9 Å². The van der Waals surface area contributed by atoms with Gasteiger partial charge in [-0.2, -0.15) is 0 Å². The van der Waals surface area contributed by atoms with Crippen LogP contribution in [0.3, 0.4) is 0 Å². The van der Waals surface area contributed by atoms with Crippen molar-refractivity contribution in [3.63, 3.8) is 0 Å². The van der Waals surface area contributed by atoms with Crippen molar-refractivity contribution in [1.82, 2.24) is 5.32 Å². The topological polar surface area (TPSA) is 25.2 Å². The predicted octanol–water partition coefficient (Wildman–Crippen LogP) is 4.36. The van der Waals surface area contributed by atoms with Crippen molar-refractivity contribution in [3.05, 3.63) is 34.8 Å². The molecule has 5 heteroatoms. The molecule has 0 amide bonds. The van der Waals surface area contributed by atoms with Crippen molar-refractivity contribution in [3.8, 4) is 0 Å². The van der Waals surface area contributed by atoms with Crippen LogP contribution in [0.5, 0.6) is 0 Å². The normalized spacial score (nSPS) is 23.3. The highest BCUT2D eigenvalue weighted by Crippen LogP contribution is 2.38. The molecule has 0 saturated carbocycles. The minimum atomic E-state index is -0.355. The molecule has 19 heavy (non-hydrogen) atoms. The zero-order valence-corrected chi connectivity index (χ0v) is 12.2. The van der Waals surface area contributed by atoms with E-state index in [0.717, 1.165) is 30.7 Å². The first-order valence-electron chi connectivity index (χ1n) is 6.24. The smallest absolute Gasteiger partial charge is 0.142 e. The number of benzene rings is 1. The van der Waals surface area contributed by atoms with E-state index in [2.05, 4.69) is 12.2 Å². The van der Waals surface area contributed by atoms with Gasteiger partial charge in [0.05, 0.1) is 11.3 Å². The molecular formula is C14H16Cl2FNO. The average Bonchev–Trinajstić information content (AvgIpc) is 2.84. The number of rotatable bonds is 1. The number of furan rings is 1. The molecule has 2 atom stereocenters. The highest BCUT2D eigenvalue weighted by molar-refractivity contribution is 6.35. The Hall–Kier alpha value is -0.770. The van der Waals surface area contributed by atoms with Crippen LogP contribution in [0.25, 0.3) is 11.0 Å². The lowest BCUT2D eigenvalue weighted by atomic mass is 9.82. The van der Waals surface area contributed by atoms with Gasteiger partial charge in [-0.25, -0.2) is 4.39 Å². The molecule has 0 aliphatic carbocycles. The summed E-state index contributed by atoms with van der Waals surface area (Å²) in [6, 6.07) is 3.27. The second-order valence-corrected chi connectivity index (χ2v) is 5.38. The van der Waals surface area contributed by atoms with Gasteiger partial charge < -0.3 is 9.73 Å². The van der Waals surface area contributed by atoms with Crippen LogP contribution in [0.2, 0.25) is 5.02 Å². The van der Waals surface area contributed by atoms with Crippen LogP contribution >= 0.6 is 24.0 Å². The van der Waals surface area contributed by atoms with Crippen molar-refractivity contribution >= 4 is 35.0 Å². The summed E-state index contributed by atoms with van der Waals surface area (Å²) in [4.78, 5) is 0. The fraction of sp³-hybridized carbons (Fsp3) is 0.429. The van der Waals surface area contributed by atoms with Crippen LogP contribution in [0.1, 0.15) is 24.8 Å². The van der Waals surface area contributed by atoms with Crippen LogP contribution < -0.4 is 5.32 Å². The SMILES string of the molecule is C[C@@H]1CNCC[C@@H]1c1cc(F)c(Cl)c2ccoc12.Cl. The van der Waals surface area contributed by atoms with E-state index in [4.69, 9.17) is 16.0 Å². The van der Waals surface area contributed by atoms with Crippen molar-refractivity contribution in [2.45, 2.75) is 19.3 Å². The molecule has 2 nitrogen and oxygen atoms in total. The molecule has 0 unspecified atom stereocenters. The predicted molar refractivity (Wildman–Crippen MR) is 77.8 cm³/mol. The summed E-state index contributed by atoms with van der Waals surface area (Å²) in [5.41, 5.74) is 1.69. The molecular weight excluding hydrogens is 288 g/mol. The number of piperidine rings is 1. The summed E-state index contributed by atoms with van der Waals surface area (Å²) in [5.74, 6) is 0.436. The fourth-order valence-corrected chi connectivity index (χ4v) is 3.05. The number of hydrogen-bond acceptors (Lipinski definition) is 2. The van der Waals surface area contributed by atoms with E-state index in [1.165, 1.54) is 0 Å². The average molecular weight is 304 g/mol. The standard InChI is InChI=1S/C14H15ClFNO.ClH/c1-8-7-17-4-2-9(8)11-6-12(16)13(15)10-3-5-18-14(10)11;/h3,5-6,8-9,17H,2,4,7H2,1H3;1H/t8-,9+;/m1./s1. The molecule has 0 radical (unpaired) electrons. The Balaban J connectivity index is 0.00000133. The number of nitrogens with one attached hydrogen (secondary N) is 1. The molecule has 2 heterocycles. The van der Waals surface area contributed by atoms with Gasteiger partial charge in [-0.1, -0.05) is 18.5 Å². The summed E-state index contributed by atoms with van der Waals surface area (Å²) < 4.78 is 19.4. The zero-order chi connectivity index (χ0) is 12.7. The molecule has 3 rings (SSSR count). The Bertz CT molecular complexity index is 584. The van der Waals surface area contributed by atoms with Crippen LogP contribution in [-0.2, 0) is 0 Å². The van der Waals surface area contributed by atoms with Gasteiger partial charge >= 0.3 is 0 Å². The molecule has 1 aromatic heterocycles. The third kappa shape index (κ3) is 2.47. The maximum absolute atomic E-state index is 13.9. The van der Waals surface area contributed by atoms with Gasteiger partial charge in [-0.05, 0) is 43.5 Å². The lowest BCUT2D eigenvalue weighted by molar-refractivity contribution is 0.348. The molecule has 104 valence electrons. The summed E-state index contributed by atoms with van der Waals surface area (Å²) in [6.07, 6.45) is 2.57. The Morgan fingerprint density at radius 3 is 3.00 bits per heavy atom. The first-order valence-corrected chi connectivity index (χ1v) is 6.62. The molecule has 1 aliphatic heterocycles. The van der Waals surface area contributed by atoms with Gasteiger partial charge in [0.25, 0.3) is 0 Å². The third-order valence-electron chi connectivity index (χ3n) is 3.84. The van der Waals surface area contributed by atoms with E-state index in [1.54, 1.807) is 18.4 Å². The quantitative estimate of drug-likeness (QED) is 0.847. The van der Waals surface area contributed by atoms with Gasteiger partial charge in [0.1, 0.15) is 11.4 Å². The van der Waals surface area contributed by atoms with Gasteiger partial charge in [0.2, 0.25) is 0 Å². The molecule has 1 fully saturated rings. The van der Waals surface area contributed by atoms with Gasteiger partial charge in [-0.3, -0.25) is 0 Å². The Labute approximate surface area is 122 Å². The highest BCUT2D eigenvalue weighted by Gasteiger charge is 2.27. The Kier molecular flexibility index (Phi) is 4.39. The molecule has 2 aromatic rings. The van der Waals surface area contributed by atoms with Gasteiger partial charge in [-0.15, -0.1) is 12.4 Å². The molecule has 0 bridgehead atoms. The highest BCUT2D eigenvalue weighted by atomic mass is 35.5. The first kappa shape index (κ1) is 14.6. The van der Waals surface area contributed by atoms with E-state index >= 15 is 0 Å². The largest absolute Gasteiger partial charge is 0.464 e. The number of fused-ring (bicyclic) bond motifs is 1. The zero-order valence-electron chi connectivity index (χ0n) is 10.6. The van der Waals surface area contributed by atoms with E-state index in [-0.39, 0.29) is 23.2 Å². The number of halogens is 3. The van der Waals surface area contributed by atoms with Crippen LogP contribution in [0, 0.1) is 11.7 Å². The summed E-state index contributed by atoms with van der Waals surface area (Å²) in [6.45, 7) is 4.09. The lowest BCUT2D eigenvalue weighted by Gasteiger charge is -2.30. The molecule has 1 saturated heterocycles. The van der Waals surface area contributed by atoms with Crippen LogP contribution in [-0.4, -0.2) is 13.1 Å². The summed E-state index contributed by atoms with van der Waals surface area (Å²) in [7, 11) is 0. The van der Waals surface area contributed by atoms with E-state index in [0.29, 0.717) is 17.2 Å². The van der Waals surface area contributed by atoms with Crippen molar-refractivity contribution < 1.29 is 8.81 Å². The summed E-state index contributed by atoms with van der Waals surface area (Å²) in [5, 5.41) is 4.19. The molecule has 1 aliphatic rings. The van der Waals surface area contributed by atoms with Gasteiger partial charge in [0.15, 0.2) is 0 Å². The van der Waals surface area contributed by atoms with Crippen LogP contribution in [0.15, 0.2) is 22.8 Å². The first-order chi connectivity index (χ1) is 8.68. The Morgan fingerprint density at radius 1 is 1.47 bits per heavy atom. The minimum absolute atomic E-state index is 0. The molecule has 1 aromatic carbocycles. The summed E-state index contributed by atoms with van der Waals surface area (Å²) >= 11 is 5.97. The lowest BCUT2D eigenvalue weighted by Crippen LogP contribution is -2.33. The van der Waals surface area contributed by atoms with Crippen molar-refractivity contribution in [2.24, 2.45) is 5.92 Å². The van der Waals surface area contributed by atoms with Crippen LogP contribution in [0.4, 0.5) is 4.39 Å². The second-order valence-electron chi connectivity index (χ2n) is 5.00. The van der Waals surface area contributed by atoms with E-state index in [1.807, 2.05) is 0 Å². The van der Waals surface area contributed by atoms with E-state index < -0.39 is 0 Å². The second kappa shape index (κ2) is 5.70. The van der Waals surface area contributed by atoms with Crippen molar-refractivity contribution in [1.29, 1.82) is 0 Å². The maximum atomic E-state index is 13.9. The Morgan fingerprint density at radius 2 is 2.26 bits per heavy atom. The van der Waals surface area contributed by atoms with E-state index in [9.17, 15) is 4.39 Å². The van der Waals surface area contributed by atoms with Crippen molar-refractivity contribution in [2.75, 3.05) is 13.1 Å². The molecule has 1 N–H and O–H groups in total. The third-order valence-corrected chi connectivity index (χ3v) is 4.22. The number of hydrogen-bond donors (Lipinski definition) is 1. The fourth-order valence-electron chi connectivity index (χ4n) is 2.85. The maximum Gasteiger partial charge on any atom is 0.142 e.